The average Bonchev–Trinajstić information content (AvgIpc) is 2.22. The first kappa shape index (κ1) is 18.4. The lowest BCUT2D eigenvalue weighted by atomic mass is 10.1. The Labute approximate surface area is 118 Å². The summed E-state index contributed by atoms with van der Waals surface area (Å²) < 4.78 is 0. The molecule has 0 radical (unpaired) electrons. The number of nitrogens with one attached hydrogen (secondary N) is 2. The first-order valence-corrected chi connectivity index (χ1v) is 6.09. The first-order valence-electron chi connectivity index (χ1n) is 6.09. The van der Waals surface area contributed by atoms with E-state index in [4.69, 9.17) is 0 Å². The first-order chi connectivity index (χ1) is 7.11. The third-order valence-electron chi connectivity index (χ3n) is 2.66. The Morgan fingerprint density at radius 3 is 2.25 bits per heavy atom. The van der Waals surface area contributed by atoms with Crippen molar-refractivity contribution in [3.63, 3.8) is 0 Å². The molecule has 0 aliphatic rings. The third-order valence-corrected chi connectivity index (χ3v) is 2.66. The van der Waals surface area contributed by atoms with E-state index in [-0.39, 0.29) is 24.0 Å². The van der Waals surface area contributed by atoms with E-state index in [9.17, 15) is 0 Å². The Balaban J connectivity index is 0. The molecule has 0 heterocycles. The quantitative estimate of drug-likeness (QED) is 0.337. The number of hydrogen-bond donors (Lipinski definition) is 2. The van der Waals surface area contributed by atoms with Crippen LogP contribution in [0.25, 0.3) is 0 Å². The second-order valence-electron chi connectivity index (χ2n) is 4.38. The lowest BCUT2D eigenvalue weighted by Crippen LogP contribution is -2.44. The second kappa shape index (κ2) is 11.5. The fourth-order valence-corrected chi connectivity index (χ4v) is 1.16. The van der Waals surface area contributed by atoms with Crippen LogP contribution in [0.2, 0.25) is 0 Å². The minimum atomic E-state index is 0. The summed E-state index contributed by atoms with van der Waals surface area (Å²) in [6.07, 6.45) is 3.76. The highest BCUT2D eigenvalue weighted by Gasteiger charge is 2.07. The standard InChI is InChI=1S/C12H27N3.HI/c1-6-7-8-9-14-12(13-5)15-11(4)10(2)3;/h10-11H,6-9H2,1-5H3,(H2,13,14,15);1H. The topological polar surface area (TPSA) is 36.4 Å². The fourth-order valence-electron chi connectivity index (χ4n) is 1.16. The number of halogens is 1. The van der Waals surface area contributed by atoms with Crippen LogP contribution in [0.3, 0.4) is 0 Å². The Morgan fingerprint density at radius 2 is 1.81 bits per heavy atom. The molecule has 0 rings (SSSR count). The van der Waals surface area contributed by atoms with Gasteiger partial charge in [-0.15, -0.1) is 24.0 Å². The zero-order chi connectivity index (χ0) is 11.7. The molecule has 0 amide bonds. The minimum absolute atomic E-state index is 0. The molecular weight excluding hydrogens is 313 g/mol. The van der Waals surface area contributed by atoms with E-state index in [1.165, 1.54) is 19.3 Å². The fraction of sp³-hybridized carbons (Fsp3) is 0.917. The molecule has 4 heteroatoms. The van der Waals surface area contributed by atoms with Gasteiger partial charge in [0.05, 0.1) is 0 Å². The Kier molecular flexibility index (Phi) is 13.2. The SMILES string of the molecule is CCCCCNC(=NC)NC(C)C(C)C.I. The number of nitrogens with zero attached hydrogens (tertiary/aromatic N) is 1. The molecule has 16 heavy (non-hydrogen) atoms. The highest BCUT2D eigenvalue weighted by molar-refractivity contribution is 14.0. The van der Waals surface area contributed by atoms with E-state index < -0.39 is 0 Å². The zero-order valence-corrected chi connectivity index (χ0v) is 13.7. The van der Waals surface area contributed by atoms with Gasteiger partial charge in [-0.1, -0.05) is 33.6 Å². The number of hydrogen-bond acceptors (Lipinski definition) is 1. The molecule has 98 valence electrons. The Morgan fingerprint density at radius 1 is 1.19 bits per heavy atom. The smallest absolute Gasteiger partial charge is 0.191 e. The largest absolute Gasteiger partial charge is 0.356 e. The normalized spacial score (nSPS) is 13.2. The second-order valence-corrected chi connectivity index (χ2v) is 4.38. The van der Waals surface area contributed by atoms with Crippen LogP contribution in [-0.2, 0) is 0 Å². The van der Waals surface area contributed by atoms with E-state index in [0.29, 0.717) is 12.0 Å². The maximum absolute atomic E-state index is 4.20. The third kappa shape index (κ3) is 9.24. The summed E-state index contributed by atoms with van der Waals surface area (Å²) in [7, 11) is 1.82. The molecule has 1 atom stereocenters. The lowest BCUT2D eigenvalue weighted by Gasteiger charge is -2.20. The average molecular weight is 341 g/mol. The van der Waals surface area contributed by atoms with Gasteiger partial charge in [-0.3, -0.25) is 4.99 Å². The monoisotopic (exact) mass is 341 g/mol. The van der Waals surface area contributed by atoms with Gasteiger partial charge in [-0.2, -0.15) is 0 Å². The van der Waals surface area contributed by atoms with Crippen LogP contribution in [0.15, 0.2) is 4.99 Å². The summed E-state index contributed by atoms with van der Waals surface area (Å²) in [4.78, 5) is 4.20. The van der Waals surface area contributed by atoms with Crippen molar-refractivity contribution in [2.45, 2.75) is 53.0 Å². The maximum Gasteiger partial charge on any atom is 0.191 e. The molecule has 0 saturated carbocycles. The summed E-state index contributed by atoms with van der Waals surface area (Å²) in [6, 6.07) is 0.461. The van der Waals surface area contributed by atoms with Gasteiger partial charge in [0.1, 0.15) is 0 Å². The van der Waals surface area contributed by atoms with Crippen LogP contribution >= 0.6 is 24.0 Å². The molecule has 0 aliphatic carbocycles. The van der Waals surface area contributed by atoms with Gasteiger partial charge >= 0.3 is 0 Å². The highest BCUT2D eigenvalue weighted by atomic mass is 127. The molecule has 0 bridgehead atoms. The van der Waals surface area contributed by atoms with Crippen molar-refractivity contribution < 1.29 is 0 Å². The summed E-state index contributed by atoms with van der Waals surface area (Å²) in [6.45, 7) is 9.83. The molecule has 0 aromatic heterocycles. The lowest BCUT2D eigenvalue weighted by molar-refractivity contribution is 0.480. The predicted octanol–water partition coefficient (Wildman–Crippen LogP) is 3.00. The van der Waals surface area contributed by atoms with Crippen LogP contribution in [0.1, 0.15) is 47.0 Å². The van der Waals surface area contributed by atoms with Crippen molar-refractivity contribution in [2.24, 2.45) is 10.9 Å². The summed E-state index contributed by atoms with van der Waals surface area (Å²) >= 11 is 0. The summed E-state index contributed by atoms with van der Waals surface area (Å²) in [5.41, 5.74) is 0. The van der Waals surface area contributed by atoms with Crippen LogP contribution in [-0.4, -0.2) is 25.6 Å². The van der Waals surface area contributed by atoms with Crippen LogP contribution < -0.4 is 10.6 Å². The van der Waals surface area contributed by atoms with Crippen LogP contribution in [0.5, 0.6) is 0 Å². The van der Waals surface area contributed by atoms with Gasteiger partial charge in [-0.05, 0) is 19.3 Å². The molecule has 0 aromatic rings. The van der Waals surface area contributed by atoms with E-state index in [1.807, 2.05) is 7.05 Å². The van der Waals surface area contributed by atoms with Crippen molar-refractivity contribution >= 4 is 29.9 Å². The Bertz CT molecular complexity index is 181. The molecule has 1 unspecified atom stereocenters. The van der Waals surface area contributed by atoms with Gasteiger partial charge in [0.25, 0.3) is 0 Å². The van der Waals surface area contributed by atoms with Crippen molar-refractivity contribution in [2.75, 3.05) is 13.6 Å². The number of guanidine groups is 1. The van der Waals surface area contributed by atoms with Crippen molar-refractivity contribution in [1.82, 2.24) is 10.6 Å². The van der Waals surface area contributed by atoms with Gasteiger partial charge < -0.3 is 10.6 Å². The zero-order valence-electron chi connectivity index (χ0n) is 11.3. The van der Waals surface area contributed by atoms with E-state index in [2.05, 4.69) is 43.3 Å². The van der Waals surface area contributed by atoms with E-state index in [1.54, 1.807) is 0 Å². The van der Waals surface area contributed by atoms with E-state index >= 15 is 0 Å². The van der Waals surface area contributed by atoms with Crippen molar-refractivity contribution in [1.29, 1.82) is 0 Å². The van der Waals surface area contributed by atoms with Crippen LogP contribution in [0.4, 0.5) is 0 Å². The predicted molar refractivity (Wildman–Crippen MR) is 83.7 cm³/mol. The molecule has 3 nitrogen and oxygen atoms in total. The van der Waals surface area contributed by atoms with Gasteiger partial charge in [0, 0.05) is 19.6 Å². The number of aliphatic imine (C=N–C) groups is 1. The molecule has 2 N–H and O–H groups in total. The van der Waals surface area contributed by atoms with Gasteiger partial charge in [0.2, 0.25) is 0 Å². The maximum atomic E-state index is 4.20. The van der Waals surface area contributed by atoms with Crippen molar-refractivity contribution in [3.8, 4) is 0 Å². The van der Waals surface area contributed by atoms with Crippen LogP contribution in [0, 0.1) is 5.92 Å². The minimum Gasteiger partial charge on any atom is -0.356 e. The molecule has 0 spiro atoms. The molecule has 0 aromatic carbocycles. The summed E-state index contributed by atoms with van der Waals surface area (Å²) in [5, 5.41) is 6.71. The molecular formula is C12H28IN3. The number of unbranched alkanes of at least 4 members (excludes halogenated alkanes) is 2. The molecule has 0 aliphatic heterocycles. The summed E-state index contributed by atoms with van der Waals surface area (Å²) in [5.74, 6) is 1.55. The Hall–Kier alpha value is 0. The number of rotatable bonds is 6. The highest BCUT2D eigenvalue weighted by Crippen LogP contribution is 1.99. The molecule has 0 saturated heterocycles. The van der Waals surface area contributed by atoms with Gasteiger partial charge in [-0.25, -0.2) is 0 Å². The molecule has 0 fully saturated rings. The van der Waals surface area contributed by atoms with E-state index in [0.717, 1.165) is 12.5 Å². The van der Waals surface area contributed by atoms with Gasteiger partial charge in [0.15, 0.2) is 5.96 Å². The van der Waals surface area contributed by atoms with Crippen molar-refractivity contribution in [3.05, 3.63) is 0 Å².